The SMILES string of the molecule is CCCCCCCCCc1ccc(OC(=O)C2(C)CCCCC2C(=O)O)cc1. The average Bonchev–Trinajstić information content (AvgIpc) is 2.68. The number of aliphatic carboxylic acids is 1. The van der Waals surface area contributed by atoms with Crippen LogP contribution in [0.4, 0.5) is 0 Å². The van der Waals surface area contributed by atoms with E-state index >= 15 is 0 Å². The summed E-state index contributed by atoms with van der Waals surface area (Å²) in [5, 5.41) is 9.48. The zero-order valence-electron chi connectivity index (χ0n) is 17.5. The monoisotopic (exact) mass is 388 g/mol. The number of hydrogen-bond acceptors (Lipinski definition) is 3. The van der Waals surface area contributed by atoms with E-state index in [1.165, 1.54) is 50.5 Å². The highest BCUT2D eigenvalue weighted by molar-refractivity contribution is 5.85. The standard InChI is InChI=1S/C24H36O4/c1-3-4-5-6-7-8-9-12-19-14-16-20(17-15-19)28-23(27)24(2)18-11-10-13-21(24)22(25)26/h14-17,21H,3-13,18H2,1-2H3,(H,25,26). The molecule has 2 rings (SSSR count). The van der Waals surface area contributed by atoms with Gasteiger partial charge in [-0.15, -0.1) is 0 Å². The van der Waals surface area contributed by atoms with E-state index in [2.05, 4.69) is 6.92 Å². The van der Waals surface area contributed by atoms with Crippen LogP contribution in [0.15, 0.2) is 24.3 Å². The first kappa shape index (κ1) is 22.4. The van der Waals surface area contributed by atoms with Crippen molar-refractivity contribution in [3.63, 3.8) is 0 Å². The Bertz CT molecular complexity index is 622. The summed E-state index contributed by atoms with van der Waals surface area (Å²) in [5.74, 6) is -1.47. The molecule has 1 aliphatic carbocycles. The molecule has 1 aliphatic rings. The molecule has 1 aromatic carbocycles. The smallest absolute Gasteiger partial charge is 0.318 e. The van der Waals surface area contributed by atoms with Gasteiger partial charge < -0.3 is 9.84 Å². The zero-order valence-corrected chi connectivity index (χ0v) is 17.5. The van der Waals surface area contributed by atoms with E-state index in [-0.39, 0.29) is 0 Å². The fourth-order valence-corrected chi connectivity index (χ4v) is 4.21. The van der Waals surface area contributed by atoms with Gasteiger partial charge in [0.25, 0.3) is 0 Å². The summed E-state index contributed by atoms with van der Waals surface area (Å²) in [7, 11) is 0. The van der Waals surface area contributed by atoms with Gasteiger partial charge in [0.1, 0.15) is 5.75 Å². The van der Waals surface area contributed by atoms with Crippen LogP contribution in [0.5, 0.6) is 5.75 Å². The third-order valence-corrected chi connectivity index (χ3v) is 6.18. The van der Waals surface area contributed by atoms with Gasteiger partial charge in [-0.05, 0) is 50.3 Å². The van der Waals surface area contributed by atoms with Crippen molar-refractivity contribution >= 4 is 11.9 Å². The normalized spacial score (nSPS) is 22.0. The number of carbonyl (C=O) groups is 2. The van der Waals surface area contributed by atoms with E-state index in [1.807, 2.05) is 24.3 Å². The van der Waals surface area contributed by atoms with Crippen molar-refractivity contribution in [2.75, 3.05) is 0 Å². The van der Waals surface area contributed by atoms with Gasteiger partial charge in [-0.2, -0.15) is 0 Å². The van der Waals surface area contributed by atoms with Crippen molar-refractivity contribution in [1.29, 1.82) is 0 Å². The second-order valence-corrected chi connectivity index (χ2v) is 8.46. The van der Waals surface area contributed by atoms with Crippen LogP contribution in [-0.4, -0.2) is 17.0 Å². The van der Waals surface area contributed by atoms with Crippen molar-refractivity contribution in [2.24, 2.45) is 11.3 Å². The zero-order chi connectivity index (χ0) is 20.4. The molecular weight excluding hydrogens is 352 g/mol. The summed E-state index contributed by atoms with van der Waals surface area (Å²) in [5.41, 5.74) is 0.307. The maximum absolute atomic E-state index is 12.7. The number of esters is 1. The quantitative estimate of drug-likeness (QED) is 0.280. The summed E-state index contributed by atoms with van der Waals surface area (Å²) in [4.78, 5) is 24.3. The van der Waals surface area contributed by atoms with Crippen molar-refractivity contribution in [3.05, 3.63) is 29.8 Å². The van der Waals surface area contributed by atoms with Gasteiger partial charge >= 0.3 is 11.9 Å². The highest BCUT2D eigenvalue weighted by Gasteiger charge is 2.48. The van der Waals surface area contributed by atoms with E-state index < -0.39 is 23.3 Å². The molecule has 1 aromatic rings. The molecule has 4 nitrogen and oxygen atoms in total. The van der Waals surface area contributed by atoms with Gasteiger partial charge in [-0.3, -0.25) is 9.59 Å². The molecular formula is C24H36O4. The lowest BCUT2D eigenvalue weighted by Crippen LogP contribution is -2.44. The lowest BCUT2D eigenvalue weighted by molar-refractivity contribution is -0.162. The van der Waals surface area contributed by atoms with E-state index in [1.54, 1.807) is 6.92 Å². The maximum Gasteiger partial charge on any atom is 0.318 e. The van der Waals surface area contributed by atoms with Gasteiger partial charge in [-0.25, -0.2) is 0 Å². The van der Waals surface area contributed by atoms with Crippen LogP contribution in [0.1, 0.15) is 90.0 Å². The first-order valence-electron chi connectivity index (χ1n) is 11.0. The molecule has 2 unspecified atom stereocenters. The number of ether oxygens (including phenoxy) is 1. The Morgan fingerprint density at radius 3 is 2.32 bits per heavy atom. The highest BCUT2D eigenvalue weighted by atomic mass is 16.5. The molecule has 0 aliphatic heterocycles. The molecule has 1 saturated carbocycles. The first-order chi connectivity index (χ1) is 13.5. The fraction of sp³-hybridized carbons (Fsp3) is 0.667. The van der Waals surface area contributed by atoms with Gasteiger partial charge in [0.05, 0.1) is 11.3 Å². The van der Waals surface area contributed by atoms with Crippen LogP contribution in [-0.2, 0) is 16.0 Å². The third kappa shape index (κ3) is 6.35. The third-order valence-electron chi connectivity index (χ3n) is 6.18. The van der Waals surface area contributed by atoms with Crippen molar-refractivity contribution in [3.8, 4) is 5.75 Å². The maximum atomic E-state index is 12.7. The first-order valence-corrected chi connectivity index (χ1v) is 11.0. The predicted molar refractivity (Wildman–Crippen MR) is 111 cm³/mol. The van der Waals surface area contributed by atoms with Crippen LogP contribution in [0.3, 0.4) is 0 Å². The Labute approximate surface area is 169 Å². The molecule has 0 radical (unpaired) electrons. The summed E-state index contributed by atoms with van der Waals surface area (Å²) in [6.45, 7) is 3.98. The minimum absolute atomic E-state index is 0.417. The second kappa shape index (κ2) is 11.2. The van der Waals surface area contributed by atoms with Crippen LogP contribution < -0.4 is 4.74 Å². The number of hydrogen-bond donors (Lipinski definition) is 1. The van der Waals surface area contributed by atoms with Crippen LogP contribution in [0.25, 0.3) is 0 Å². The van der Waals surface area contributed by atoms with E-state index in [4.69, 9.17) is 4.74 Å². The number of aryl methyl sites for hydroxylation is 1. The van der Waals surface area contributed by atoms with E-state index in [0.29, 0.717) is 18.6 Å². The Kier molecular flexibility index (Phi) is 9.01. The summed E-state index contributed by atoms with van der Waals surface area (Å²) in [6.07, 6.45) is 12.9. The summed E-state index contributed by atoms with van der Waals surface area (Å²) >= 11 is 0. The minimum atomic E-state index is -0.944. The fourth-order valence-electron chi connectivity index (χ4n) is 4.21. The Hall–Kier alpha value is -1.84. The molecule has 28 heavy (non-hydrogen) atoms. The lowest BCUT2D eigenvalue weighted by Gasteiger charge is -2.36. The number of benzene rings is 1. The lowest BCUT2D eigenvalue weighted by atomic mass is 9.67. The van der Waals surface area contributed by atoms with Crippen molar-refractivity contribution < 1.29 is 19.4 Å². The Morgan fingerprint density at radius 2 is 1.68 bits per heavy atom. The molecule has 156 valence electrons. The summed E-state index contributed by atoms with van der Waals surface area (Å²) < 4.78 is 5.57. The second-order valence-electron chi connectivity index (χ2n) is 8.46. The molecule has 0 heterocycles. The Balaban J connectivity index is 1.81. The van der Waals surface area contributed by atoms with Gasteiger partial charge in [-0.1, -0.05) is 70.4 Å². The van der Waals surface area contributed by atoms with Gasteiger partial charge in [0.15, 0.2) is 0 Å². The molecule has 0 amide bonds. The van der Waals surface area contributed by atoms with E-state index in [0.717, 1.165) is 19.3 Å². The summed E-state index contributed by atoms with van der Waals surface area (Å²) in [6, 6.07) is 7.68. The minimum Gasteiger partial charge on any atom is -0.481 e. The van der Waals surface area contributed by atoms with Crippen LogP contribution in [0.2, 0.25) is 0 Å². The largest absolute Gasteiger partial charge is 0.481 e. The molecule has 1 N–H and O–H groups in total. The Morgan fingerprint density at radius 1 is 1.04 bits per heavy atom. The topological polar surface area (TPSA) is 63.6 Å². The molecule has 0 bridgehead atoms. The molecule has 2 atom stereocenters. The van der Waals surface area contributed by atoms with Crippen molar-refractivity contribution in [2.45, 2.75) is 90.9 Å². The molecule has 4 heteroatoms. The molecule has 0 aromatic heterocycles. The van der Waals surface area contributed by atoms with Crippen molar-refractivity contribution in [1.82, 2.24) is 0 Å². The predicted octanol–water partition coefficient (Wildman–Crippen LogP) is 6.17. The molecule has 0 spiro atoms. The van der Waals surface area contributed by atoms with Crippen LogP contribution in [0, 0.1) is 11.3 Å². The number of carboxylic acid groups (broad SMARTS) is 1. The number of carboxylic acids is 1. The molecule has 1 fully saturated rings. The van der Waals surface area contributed by atoms with Crippen LogP contribution >= 0.6 is 0 Å². The number of carbonyl (C=O) groups excluding carboxylic acids is 1. The van der Waals surface area contributed by atoms with Gasteiger partial charge in [0.2, 0.25) is 0 Å². The van der Waals surface area contributed by atoms with E-state index in [9.17, 15) is 14.7 Å². The molecule has 0 saturated heterocycles. The number of unbranched alkanes of at least 4 members (excludes halogenated alkanes) is 6. The number of rotatable bonds is 11. The highest BCUT2D eigenvalue weighted by Crippen LogP contribution is 2.42. The average molecular weight is 389 g/mol. The van der Waals surface area contributed by atoms with Gasteiger partial charge in [0, 0.05) is 0 Å².